The van der Waals surface area contributed by atoms with Crippen molar-refractivity contribution < 1.29 is 4.74 Å². The highest BCUT2D eigenvalue weighted by Gasteiger charge is 1.93. The highest BCUT2D eigenvalue weighted by molar-refractivity contribution is 6.29. The maximum atomic E-state index is 5.74. The van der Waals surface area contributed by atoms with Crippen LogP contribution in [0.2, 0.25) is 5.15 Å². The van der Waals surface area contributed by atoms with Crippen LogP contribution in [-0.2, 0) is 0 Å². The Hall–Kier alpha value is -1.80. The van der Waals surface area contributed by atoms with Crippen LogP contribution < -0.4 is 4.74 Å². The number of aromatic nitrogens is 1. The molecule has 0 atom stereocenters. The molecule has 0 N–H and O–H groups in total. The number of hydrogen-bond donors (Lipinski definition) is 0. The van der Waals surface area contributed by atoms with Gasteiger partial charge in [-0.2, -0.15) is 0 Å². The molecule has 0 aliphatic heterocycles. The Morgan fingerprint density at radius 3 is 2.65 bits per heavy atom. The third-order valence-electron chi connectivity index (χ3n) is 2.13. The largest absolute Gasteiger partial charge is 0.473 e. The summed E-state index contributed by atoms with van der Waals surface area (Å²) in [6, 6.07) is 15.4. The maximum Gasteiger partial charge on any atom is 0.214 e. The first kappa shape index (κ1) is 11.7. The van der Waals surface area contributed by atoms with E-state index in [0.717, 1.165) is 5.56 Å². The molecule has 0 bridgehead atoms. The van der Waals surface area contributed by atoms with Gasteiger partial charge in [0, 0.05) is 6.07 Å². The Balaban J connectivity index is 1.86. The van der Waals surface area contributed by atoms with E-state index in [1.807, 2.05) is 48.6 Å². The van der Waals surface area contributed by atoms with Gasteiger partial charge in [-0.1, -0.05) is 54.1 Å². The van der Waals surface area contributed by atoms with Gasteiger partial charge in [-0.15, -0.1) is 0 Å². The number of ether oxygens (including phenoxy) is 1. The minimum absolute atomic E-state index is 0.439. The van der Waals surface area contributed by atoms with E-state index in [2.05, 4.69) is 4.98 Å². The molecule has 0 aliphatic rings. The first-order valence-corrected chi connectivity index (χ1v) is 5.69. The van der Waals surface area contributed by atoms with Gasteiger partial charge in [-0.25, -0.2) is 4.98 Å². The second-order valence-corrected chi connectivity index (χ2v) is 3.81. The lowest BCUT2D eigenvalue weighted by atomic mass is 10.2. The van der Waals surface area contributed by atoms with Crippen molar-refractivity contribution in [3.05, 3.63) is 65.3 Å². The Labute approximate surface area is 106 Å². The number of rotatable bonds is 4. The van der Waals surface area contributed by atoms with Gasteiger partial charge in [-0.3, -0.25) is 0 Å². The number of hydrogen-bond acceptors (Lipinski definition) is 2. The molecule has 1 aromatic carbocycles. The Bertz CT molecular complexity index is 497. The van der Waals surface area contributed by atoms with Crippen molar-refractivity contribution in [2.24, 2.45) is 0 Å². The molecule has 1 aromatic heterocycles. The minimum atomic E-state index is 0.439. The van der Waals surface area contributed by atoms with E-state index < -0.39 is 0 Å². The van der Waals surface area contributed by atoms with Crippen LogP contribution in [0.15, 0.2) is 54.6 Å². The Morgan fingerprint density at radius 1 is 1.06 bits per heavy atom. The maximum absolute atomic E-state index is 5.74. The Morgan fingerprint density at radius 2 is 1.88 bits per heavy atom. The summed E-state index contributed by atoms with van der Waals surface area (Å²) in [5, 5.41) is 0.439. The molecule has 86 valence electrons. The molecule has 3 heteroatoms. The highest BCUT2D eigenvalue weighted by Crippen LogP contribution is 2.11. The van der Waals surface area contributed by atoms with Crippen molar-refractivity contribution in [1.82, 2.24) is 4.98 Å². The Kier molecular flexibility index (Phi) is 4.17. The summed E-state index contributed by atoms with van der Waals surface area (Å²) in [7, 11) is 0. The fourth-order valence-corrected chi connectivity index (χ4v) is 1.51. The van der Waals surface area contributed by atoms with Crippen LogP contribution in [-0.4, -0.2) is 11.6 Å². The van der Waals surface area contributed by atoms with Crippen LogP contribution in [0.1, 0.15) is 5.56 Å². The van der Waals surface area contributed by atoms with Crippen LogP contribution in [0, 0.1) is 0 Å². The van der Waals surface area contributed by atoms with Gasteiger partial charge < -0.3 is 4.74 Å². The predicted molar refractivity (Wildman–Crippen MR) is 70.2 cm³/mol. The second-order valence-electron chi connectivity index (χ2n) is 3.42. The molecule has 0 saturated heterocycles. The number of nitrogens with zero attached hydrogens (tertiary/aromatic N) is 1. The summed E-state index contributed by atoms with van der Waals surface area (Å²) in [5.41, 5.74) is 1.15. The van der Waals surface area contributed by atoms with Crippen molar-refractivity contribution in [3.8, 4) is 5.88 Å². The molecule has 0 fully saturated rings. The summed E-state index contributed by atoms with van der Waals surface area (Å²) >= 11 is 5.74. The molecule has 2 aromatic rings. The smallest absolute Gasteiger partial charge is 0.214 e. The zero-order chi connectivity index (χ0) is 11.9. The molecule has 17 heavy (non-hydrogen) atoms. The molecule has 0 aliphatic carbocycles. The van der Waals surface area contributed by atoms with Crippen LogP contribution in [0.5, 0.6) is 5.88 Å². The molecule has 0 saturated carbocycles. The SMILES string of the molecule is Clc1cccc(OCC=Cc2ccccc2)n1. The van der Waals surface area contributed by atoms with Gasteiger partial charge in [0.1, 0.15) is 11.8 Å². The van der Waals surface area contributed by atoms with Gasteiger partial charge in [0.05, 0.1) is 0 Å². The van der Waals surface area contributed by atoms with Crippen molar-refractivity contribution in [3.63, 3.8) is 0 Å². The predicted octanol–water partition coefficient (Wildman–Crippen LogP) is 3.83. The molecule has 0 spiro atoms. The lowest BCUT2D eigenvalue weighted by Gasteiger charge is -2.01. The monoisotopic (exact) mass is 245 g/mol. The van der Waals surface area contributed by atoms with E-state index in [1.54, 1.807) is 12.1 Å². The molecule has 0 amide bonds. The van der Waals surface area contributed by atoms with Crippen molar-refractivity contribution in [1.29, 1.82) is 0 Å². The van der Waals surface area contributed by atoms with E-state index in [4.69, 9.17) is 16.3 Å². The zero-order valence-electron chi connectivity index (χ0n) is 9.21. The molecular formula is C14H12ClNO. The van der Waals surface area contributed by atoms with Gasteiger partial charge in [-0.05, 0) is 17.7 Å². The van der Waals surface area contributed by atoms with Crippen molar-refractivity contribution in [2.75, 3.05) is 6.61 Å². The third kappa shape index (κ3) is 3.93. The molecule has 1 heterocycles. The molecule has 0 unspecified atom stereocenters. The molecular weight excluding hydrogens is 234 g/mol. The average molecular weight is 246 g/mol. The lowest BCUT2D eigenvalue weighted by Crippen LogP contribution is -1.95. The van der Waals surface area contributed by atoms with Gasteiger partial charge >= 0.3 is 0 Å². The molecule has 0 radical (unpaired) electrons. The topological polar surface area (TPSA) is 22.1 Å². The van der Waals surface area contributed by atoms with Gasteiger partial charge in [0.15, 0.2) is 0 Å². The summed E-state index contributed by atoms with van der Waals surface area (Å²) < 4.78 is 5.43. The van der Waals surface area contributed by atoms with Gasteiger partial charge in [0.25, 0.3) is 0 Å². The van der Waals surface area contributed by atoms with E-state index in [-0.39, 0.29) is 0 Å². The van der Waals surface area contributed by atoms with Crippen LogP contribution in [0.4, 0.5) is 0 Å². The molecule has 2 nitrogen and oxygen atoms in total. The van der Waals surface area contributed by atoms with Crippen LogP contribution in [0.3, 0.4) is 0 Å². The zero-order valence-corrected chi connectivity index (χ0v) is 9.97. The number of benzene rings is 1. The van der Waals surface area contributed by atoms with E-state index in [1.165, 1.54) is 0 Å². The van der Waals surface area contributed by atoms with Crippen LogP contribution in [0.25, 0.3) is 6.08 Å². The first-order valence-electron chi connectivity index (χ1n) is 5.31. The normalized spacial score (nSPS) is 10.6. The summed E-state index contributed by atoms with van der Waals surface area (Å²) in [6.07, 6.45) is 3.95. The van der Waals surface area contributed by atoms with E-state index in [9.17, 15) is 0 Å². The first-order chi connectivity index (χ1) is 8.34. The molecule has 2 rings (SSSR count). The summed E-state index contributed by atoms with van der Waals surface area (Å²) in [6.45, 7) is 0.474. The average Bonchev–Trinajstić information content (AvgIpc) is 2.36. The quantitative estimate of drug-likeness (QED) is 0.764. The highest BCUT2D eigenvalue weighted by atomic mass is 35.5. The standard InChI is InChI=1S/C14H12ClNO/c15-13-9-4-10-14(16-13)17-11-5-8-12-6-2-1-3-7-12/h1-10H,11H2. The third-order valence-corrected chi connectivity index (χ3v) is 2.34. The number of halogens is 1. The van der Waals surface area contributed by atoms with E-state index >= 15 is 0 Å². The summed E-state index contributed by atoms with van der Waals surface area (Å²) in [5.74, 6) is 0.537. The summed E-state index contributed by atoms with van der Waals surface area (Å²) in [4.78, 5) is 4.03. The minimum Gasteiger partial charge on any atom is -0.473 e. The lowest BCUT2D eigenvalue weighted by molar-refractivity contribution is 0.349. The van der Waals surface area contributed by atoms with Crippen molar-refractivity contribution in [2.45, 2.75) is 0 Å². The fraction of sp³-hybridized carbons (Fsp3) is 0.0714. The van der Waals surface area contributed by atoms with E-state index in [0.29, 0.717) is 17.6 Å². The van der Waals surface area contributed by atoms with Gasteiger partial charge in [0.2, 0.25) is 5.88 Å². The second kappa shape index (κ2) is 6.06. The van der Waals surface area contributed by atoms with Crippen molar-refractivity contribution >= 4 is 17.7 Å². The fourth-order valence-electron chi connectivity index (χ4n) is 1.35. The van der Waals surface area contributed by atoms with Crippen LogP contribution >= 0.6 is 11.6 Å². The number of pyridine rings is 1.